The molecule has 1 N–H and O–H groups in total. The van der Waals surface area contributed by atoms with Crippen molar-refractivity contribution in [3.63, 3.8) is 0 Å². The minimum atomic E-state index is -1.02. The molecule has 0 saturated carbocycles. The smallest absolute Gasteiger partial charge is 0.413 e. The van der Waals surface area contributed by atoms with Gasteiger partial charge in [0.2, 0.25) is 0 Å². The minimum absolute atomic E-state index is 0.534. The van der Waals surface area contributed by atoms with E-state index in [4.69, 9.17) is 0 Å². The van der Waals surface area contributed by atoms with E-state index in [-0.39, 0.29) is 0 Å². The van der Waals surface area contributed by atoms with Crippen LogP contribution in [0.25, 0.3) is 0 Å². The molecule has 0 unspecified atom stereocenters. The maximum atomic E-state index is 11.3. The number of fused-ring (bicyclic) bond motifs is 1. The molecule has 7 heteroatoms. The molecule has 0 atom stereocenters. The summed E-state index contributed by atoms with van der Waals surface area (Å²) in [5.74, 6) is 1.14. The Morgan fingerprint density at radius 3 is 2.64 bits per heavy atom. The summed E-state index contributed by atoms with van der Waals surface area (Å²) in [6.07, 6.45) is 2.18. The van der Waals surface area contributed by atoms with Gasteiger partial charge in [-0.1, -0.05) is 12.1 Å². The molecule has 2 aromatic rings. The molecule has 0 bridgehead atoms. The fourth-order valence-electron chi connectivity index (χ4n) is 2.80. The maximum absolute atomic E-state index is 11.3. The molecule has 3 rings (SSSR count). The molecule has 132 valence electrons. The summed E-state index contributed by atoms with van der Waals surface area (Å²) >= 11 is 0. The Kier molecular flexibility index (Phi) is 4.48. The van der Waals surface area contributed by atoms with Crippen LogP contribution in [0, 0.1) is 0 Å². The zero-order valence-corrected chi connectivity index (χ0v) is 14.8. The summed E-state index contributed by atoms with van der Waals surface area (Å²) in [4.78, 5) is 19.1. The number of carboxylic acid groups (broad SMARTS) is 1. The Hall–Kier alpha value is -2.83. The summed E-state index contributed by atoms with van der Waals surface area (Å²) in [7, 11) is 0. The lowest BCUT2D eigenvalue weighted by Gasteiger charge is -2.28. The van der Waals surface area contributed by atoms with Gasteiger partial charge in [-0.05, 0) is 38.5 Å². The number of amides is 1. The molecule has 1 aromatic heterocycles. The van der Waals surface area contributed by atoms with Gasteiger partial charge >= 0.3 is 6.09 Å². The number of hydrogen-bond donors (Lipinski definition) is 1. The van der Waals surface area contributed by atoms with E-state index < -0.39 is 11.6 Å². The maximum Gasteiger partial charge on any atom is 0.413 e. The third-order valence-electron chi connectivity index (χ3n) is 4.16. The monoisotopic (exact) mass is 341 g/mol. The third-order valence-corrected chi connectivity index (χ3v) is 4.16. The lowest BCUT2D eigenvalue weighted by Crippen LogP contribution is -2.43. The summed E-state index contributed by atoms with van der Waals surface area (Å²) in [5.41, 5.74) is 1.37. The zero-order chi connectivity index (χ0) is 18.0. The van der Waals surface area contributed by atoms with Crippen LogP contribution in [-0.2, 0) is 13.1 Å². The van der Waals surface area contributed by atoms with Crippen molar-refractivity contribution in [3.05, 3.63) is 42.1 Å². The molecule has 1 aliphatic rings. The summed E-state index contributed by atoms with van der Waals surface area (Å²) in [6, 6.07) is 9.88. The molecule has 1 aliphatic heterocycles. The van der Waals surface area contributed by atoms with Crippen molar-refractivity contribution < 1.29 is 9.90 Å². The number of hydrogen-bond acceptors (Lipinski definition) is 4. The van der Waals surface area contributed by atoms with E-state index in [2.05, 4.69) is 15.0 Å². The number of rotatable bonds is 4. The molecule has 1 aromatic carbocycles. The Morgan fingerprint density at radius 1 is 1.28 bits per heavy atom. The second-order valence-corrected chi connectivity index (χ2v) is 7.07. The summed E-state index contributed by atoms with van der Waals surface area (Å²) in [6.45, 7) is 8.19. The number of aliphatic imine (C=N–C) groups is 1. The Morgan fingerprint density at radius 2 is 2.00 bits per heavy atom. The molecular formula is C18H23N5O2. The number of carbonyl (C=O) groups is 1. The molecule has 1 amide bonds. The standard InChI is InChI=1S/C18H23N5O2/c1-18(2,3)22(17(24)25)13-19-15-6-4-14(5-7-15)12-21-10-11-23-16(21)8-9-20-23/h4-9,13H,10-12H2,1-3H3,(H,24,25). The molecule has 0 aliphatic carbocycles. The Labute approximate surface area is 147 Å². The number of anilines is 1. The van der Waals surface area contributed by atoms with Crippen LogP contribution in [0.3, 0.4) is 0 Å². The molecule has 25 heavy (non-hydrogen) atoms. The highest BCUT2D eigenvalue weighted by molar-refractivity contribution is 5.83. The highest BCUT2D eigenvalue weighted by atomic mass is 16.4. The fraction of sp³-hybridized carbons (Fsp3) is 0.389. The molecule has 7 nitrogen and oxygen atoms in total. The largest absolute Gasteiger partial charge is 0.465 e. The zero-order valence-electron chi connectivity index (χ0n) is 14.8. The van der Waals surface area contributed by atoms with Gasteiger partial charge < -0.3 is 10.0 Å². The number of benzene rings is 1. The SMILES string of the molecule is CC(C)(C)N(C=Nc1ccc(CN2CCn3nccc32)cc1)C(=O)O. The van der Waals surface area contributed by atoms with Gasteiger partial charge in [0.25, 0.3) is 0 Å². The first-order chi connectivity index (χ1) is 11.8. The van der Waals surface area contributed by atoms with Gasteiger partial charge in [0.05, 0.1) is 18.4 Å². The van der Waals surface area contributed by atoms with Gasteiger partial charge in [0, 0.05) is 24.7 Å². The normalized spacial score (nSPS) is 14.1. The van der Waals surface area contributed by atoms with E-state index in [1.54, 1.807) is 0 Å². The van der Waals surface area contributed by atoms with Crippen molar-refractivity contribution in [1.82, 2.24) is 14.7 Å². The van der Waals surface area contributed by atoms with Crippen LogP contribution in [0.15, 0.2) is 41.5 Å². The van der Waals surface area contributed by atoms with Crippen LogP contribution in [0.4, 0.5) is 16.3 Å². The van der Waals surface area contributed by atoms with Gasteiger partial charge in [0.1, 0.15) is 12.2 Å². The molecular weight excluding hydrogens is 318 g/mol. The molecule has 0 spiro atoms. The number of aromatic nitrogens is 2. The van der Waals surface area contributed by atoms with Crippen molar-refractivity contribution in [2.75, 3.05) is 11.4 Å². The molecule has 0 radical (unpaired) electrons. The van der Waals surface area contributed by atoms with Gasteiger partial charge in [-0.15, -0.1) is 0 Å². The summed E-state index contributed by atoms with van der Waals surface area (Å²) in [5, 5.41) is 13.6. The topological polar surface area (TPSA) is 74.0 Å². The minimum Gasteiger partial charge on any atom is -0.465 e. The highest BCUT2D eigenvalue weighted by Crippen LogP contribution is 2.23. The van der Waals surface area contributed by atoms with E-state index >= 15 is 0 Å². The van der Waals surface area contributed by atoms with Crippen molar-refractivity contribution in [1.29, 1.82) is 0 Å². The van der Waals surface area contributed by atoms with Gasteiger partial charge in [-0.25, -0.2) is 14.5 Å². The van der Waals surface area contributed by atoms with E-state index in [0.717, 1.165) is 31.1 Å². The number of nitrogens with zero attached hydrogens (tertiary/aromatic N) is 5. The quantitative estimate of drug-likeness (QED) is 0.684. The van der Waals surface area contributed by atoms with E-state index in [0.29, 0.717) is 0 Å². The van der Waals surface area contributed by atoms with Crippen LogP contribution in [0.2, 0.25) is 0 Å². The first-order valence-corrected chi connectivity index (χ1v) is 8.27. The van der Waals surface area contributed by atoms with Gasteiger partial charge in [-0.3, -0.25) is 4.90 Å². The Balaban J connectivity index is 1.66. The van der Waals surface area contributed by atoms with Crippen LogP contribution in [-0.4, -0.2) is 44.3 Å². The molecule has 0 saturated heterocycles. The third kappa shape index (κ3) is 3.81. The van der Waals surface area contributed by atoms with Gasteiger partial charge in [0.15, 0.2) is 0 Å². The van der Waals surface area contributed by atoms with Crippen LogP contribution in [0.1, 0.15) is 26.3 Å². The van der Waals surface area contributed by atoms with Crippen molar-refractivity contribution in [2.24, 2.45) is 4.99 Å². The molecule has 2 heterocycles. The van der Waals surface area contributed by atoms with Crippen molar-refractivity contribution in [3.8, 4) is 0 Å². The Bertz CT molecular complexity index is 774. The van der Waals surface area contributed by atoms with Crippen LogP contribution < -0.4 is 4.90 Å². The van der Waals surface area contributed by atoms with Crippen LogP contribution >= 0.6 is 0 Å². The predicted octanol–water partition coefficient (Wildman–Crippen LogP) is 3.34. The predicted molar refractivity (Wildman–Crippen MR) is 97.5 cm³/mol. The second kappa shape index (κ2) is 6.58. The summed E-state index contributed by atoms with van der Waals surface area (Å²) < 4.78 is 2.01. The first kappa shape index (κ1) is 17.0. The first-order valence-electron chi connectivity index (χ1n) is 8.27. The highest BCUT2D eigenvalue weighted by Gasteiger charge is 2.24. The van der Waals surface area contributed by atoms with Crippen molar-refractivity contribution in [2.45, 2.75) is 39.4 Å². The second-order valence-electron chi connectivity index (χ2n) is 7.07. The van der Waals surface area contributed by atoms with Crippen LogP contribution in [0.5, 0.6) is 0 Å². The van der Waals surface area contributed by atoms with Crippen molar-refractivity contribution >= 4 is 23.9 Å². The molecule has 0 fully saturated rings. The average molecular weight is 341 g/mol. The lowest BCUT2D eigenvalue weighted by atomic mass is 10.1. The average Bonchev–Trinajstić information content (AvgIpc) is 3.12. The van der Waals surface area contributed by atoms with E-state index in [1.807, 2.05) is 62.0 Å². The van der Waals surface area contributed by atoms with E-state index in [9.17, 15) is 9.90 Å². The fourth-order valence-corrected chi connectivity index (χ4v) is 2.80. The van der Waals surface area contributed by atoms with E-state index in [1.165, 1.54) is 16.8 Å². The lowest BCUT2D eigenvalue weighted by molar-refractivity contribution is 0.143. The van der Waals surface area contributed by atoms with Gasteiger partial charge in [-0.2, -0.15) is 5.10 Å².